The average Bonchev–Trinajstić information content (AvgIpc) is 2.72. The number of hydrogen-bond acceptors (Lipinski definition) is 6. The lowest BCUT2D eigenvalue weighted by atomic mass is 9.95. The van der Waals surface area contributed by atoms with Gasteiger partial charge >= 0.3 is 11.9 Å². The number of nitrogens with two attached hydrogens (primary N) is 1. The zero-order valence-corrected chi connectivity index (χ0v) is 15.7. The molecule has 1 aromatic heterocycles. The first-order valence-electron chi connectivity index (χ1n) is 8.61. The van der Waals surface area contributed by atoms with E-state index in [4.69, 9.17) is 11.0 Å². The molecule has 0 amide bonds. The van der Waals surface area contributed by atoms with Crippen LogP contribution in [-0.4, -0.2) is 34.2 Å². The minimum absolute atomic E-state index is 0.222. The van der Waals surface area contributed by atoms with Crippen LogP contribution in [-0.2, 0) is 0 Å². The molecule has 3 aromatic rings. The minimum atomic E-state index is -1.56. The molecule has 0 spiro atoms. The summed E-state index contributed by atoms with van der Waals surface area (Å²) < 4.78 is 0. The van der Waals surface area contributed by atoms with Crippen LogP contribution in [0.3, 0.4) is 0 Å². The molecule has 0 aliphatic carbocycles. The summed E-state index contributed by atoms with van der Waals surface area (Å²) >= 11 is 0. The van der Waals surface area contributed by atoms with Crippen LogP contribution >= 0.6 is 0 Å². The van der Waals surface area contributed by atoms with E-state index in [0.29, 0.717) is 5.56 Å². The molecule has 0 radical (unpaired) electrons. The Balaban J connectivity index is 2.10. The number of hydrogen-bond donors (Lipinski definition) is 4. The Morgan fingerprint density at radius 1 is 0.967 bits per heavy atom. The maximum atomic E-state index is 12.1. The molecular formula is C21H16N4O5. The van der Waals surface area contributed by atoms with Crippen molar-refractivity contribution in [2.24, 2.45) is 0 Å². The normalized spacial score (nSPS) is 10.3. The fourth-order valence-corrected chi connectivity index (χ4v) is 3.10. The number of carboxylic acids is 2. The SMILES string of the molecule is CN(c1ccc(C#N)cc1)c1ccc(-c2c(C(=O)O)c(N)[nH]c(=O)c2C(=O)O)cc1. The molecule has 0 atom stereocenters. The highest BCUT2D eigenvalue weighted by Crippen LogP contribution is 2.32. The number of nitriles is 1. The number of nitrogen functional groups attached to an aromatic ring is 1. The van der Waals surface area contributed by atoms with Gasteiger partial charge in [-0.2, -0.15) is 5.26 Å². The fraction of sp³-hybridized carbons (Fsp3) is 0.0476. The summed E-state index contributed by atoms with van der Waals surface area (Å²) in [7, 11) is 1.80. The number of benzene rings is 2. The summed E-state index contributed by atoms with van der Waals surface area (Å²) in [6.45, 7) is 0. The van der Waals surface area contributed by atoms with E-state index in [-0.39, 0.29) is 11.1 Å². The Hall–Kier alpha value is -4.58. The van der Waals surface area contributed by atoms with E-state index in [1.807, 2.05) is 11.0 Å². The number of aromatic nitrogens is 1. The molecule has 2 aromatic carbocycles. The Kier molecular flexibility index (Phi) is 5.25. The second-order valence-corrected chi connectivity index (χ2v) is 6.37. The first-order chi connectivity index (χ1) is 14.2. The molecule has 0 saturated heterocycles. The van der Waals surface area contributed by atoms with Gasteiger partial charge in [0, 0.05) is 24.0 Å². The Labute approximate surface area is 170 Å². The van der Waals surface area contributed by atoms with Gasteiger partial charge in [-0.3, -0.25) is 4.79 Å². The summed E-state index contributed by atoms with van der Waals surface area (Å²) in [4.78, 5) is 39.3. The van der Waals surface area contributed by atoms with Crippen molar-refractivity contribution in [1.29, 1.82) is 5.26 Å². The predicted octanol–water partition coefficient (Wildman–Crippen LogP) is 2.66. The van der Waals surface area contributed by atoms with Crippen molar-refractivity contribution in [3.8, 4) is 17.2 Å². The molecule has 9 heteroatoms. The van der Waals surface area contributed by atoms with Crippen molar-refractivity contribution >= 4 is 29.1 Å². The van der Waals surface area contributed by atoms with Crippen molar-refractivity contribution in [2.75, 3.05) is 17.7 Å². The van der Waals surface area contributed by atoms with Crippen LogP contribution in [0.25, 0.3) is 11.1 Å². The van der Waals surface area contributed by atoms with Crippen molar-refractivity contribution in [2.45, 2.75) is 0 Å². The number of aromatic amines is 1. The molecule has 0 fully saturated rings. The molecular weight excluding hydrogens is 388 g/mol. The standard InChI is InChI=1S/C21H16N4O5/c1-25(13-6-2-11(10-22)3-7-13)14-8-4-12(5-9-14)15-16(20(27)28)18(23)24-19(26)17(15)21(29)30/h2-9H,1H3,(H,27,28)(H,29,30)(H3,23,24,26). The van der Waals surface area contributed by atoms with Gasteiger partial charge in [0.15, 0.2) is 0 Å². The second kappa shape index (κ2) is 7.81. The summed E-state index contributed by atoms with van der Waals surface area (Å²) in [5.74, 6) is -3.45. The second-order valence-electron chi connectivity index (χ2n) is 6.37. The van der Waals surface area contributed by atoms with Gasteiger partial charge in [0.25, 0.3) is 5.56 Å². The first kappa shape index (κ1) is 20.2. The predicted molar refractivity (Wildman–Crippen MR) is 110 cm³/mol. The van der Waals surface area contributed by atoms with E-state index in [1.54, 1.807) is 43.4 Å². The third-order valence-corrected chi connectivity index (χ3v) is 4.60. The lowest BCUT2D eigenvalue weighted by Gasteiger charge is -2.20. The molecule has 0 aliphatic heterocycles. The quantitative estimate of drug-likeness (QED) is 0.505. The third kappa shape index (κ3) is 3.57. The largest absolute Gasteiger partial charge is 0.478 e. The highest BCUT2D eigenvalue weighted by molar-refractivity contribution is 6.07. The topological polar surface area (TPSA) is 161 Å². The monoisotopic (exact) mass is 404 g/mol. The van der Waals surface area contributed by atoms with Crippen LogP contribution < -0.4 is 16.2 Å². The van der Waals surface area contributed by atoms with Crippen LogP contribution in [0.15, 0.2) is 53.3 Å². The number of nitrogens with one attached hydrogen (secondary N) is 1. The summed E-state index contributed by atoms with van der Waals surface area (Å²) in [6.07, 6.45) is 0. The molecule has 150 valence electrons. The van der Waals surface area contributed by atoms with Gasteiger partial charge in [0.2, 0.25) is 0 Å². The van der Waals surface area contributed by atoms with Crippen LogP contribution in [0, 0.1) is 11.3 Å². The third-order valence-electron chi connectivity index (χ3n) is 4.60. The van der Waals surface area contributed by atoms with Crippen molar-refractivity contribution in [1.82, 2.24) is 4.98 Å². The molecule has 1 heterocycles. The van der Waals surface area contributed by atoms with Crippen LogP contribution in [0.1, 0.15) is 26.3 Å². The number of rotatable bonds is 5. The van der Waals surface area contributed by atoms with Gasteiger partial charge in [-0.25, -0.2) is 9.59 Å². The summed E-state index contributed by atoms with van der Waals surface area (Å²) in [6, 6.07) is 15.3. The van der Waals surface area contributed by atoms with E-state index < -0.39 is 34.4 Å². The van der Waals surface area contributed by atoms with E-state index in [9.17, 15) is 24.6 Å². The number of carbonyl (C=O) groups is 2. The molecule has 0 aliphatic rings. The lowest BCUT2D eigenvalue weighted by Crippen LogP contribution is -2.24. The van der Waals surface area contributed by atoms with Crippen LogP contribution in [0.5, 0.6) is 0 Å². The number of aromatic carboxylic acids is 2. The van der Waals surface area contributed by atoms with Crippen molar-refractivity contribution in [3.63, 3.8) is 0 Å². The lowest BCUT2D eigenvalue weighted by molar-refractivity contribution is 0.0695. The van der Waals surface area contributed by atoms with Gasteiger partial charge in [0.1, 0.15) is 16.9 Å². The molecule has 3 rings (SSSR count). The zero-order chi connectivity index (χ0) is 22.0. The number of pyridine rings is 1. The summed E-state index contributed by atoms with van der Waals surface area (Å²) in [5, 5.41) is 27.9. The Bertz CT molecular complexity index is 1240. The van der Waals surface area contributed by atoms with Gasteiger partial charge in [-0.1, -0.05) is 12.1 Å². The highest BCUT2D eigenvalue weighted by Gasteiger charge is 2.26. The van der Waals surface area contributed by atoms with Gasteiger partial charge in [0.05, 0.1) is 11.6 Å². The van der Waals surface area contributed by atoms with Crippen molar-refractivity contribution < 1.29 is 19.8 Å². The number of H-pyrrole nitrogens is 1. The maximum Gasteiger partial charge on any atom is 0.342 e. The molecule has 9 nitrogen and oxygen atoms in total. The van der Waals surface area contributed by atoms with E-state index in [2.05, 4.69) is 4.98 Å². The van der Waals surface area contributed by atoms with Crippen LogP contribution in [0.2, 0.25) is 0 Å². The smallest absolute Gasteiger partial charge is 0.342 e. The minimum Gasteiger partial charge on any atom is -0.478 e. The average molecular weight is 404 g/mol. The Morgan fingerprint density at radius 2 is 1.47 bits per heavy atom. The molecule has 0 unspecified atom stereocenters. The van der Waals surface area contributed by atoms with E-state index in [0.717, 1.165) is 11.4 Å². The van der Waals surface area contributed by atoms with Crippen LogP contribution in [0.4, 0.5) is 17.2 Å². The molecule has 30 heavy (non-hydrogen) atoms. The van der Waals surface area contributed by atoms with E-state index in [1.165, 1.54) is 12.1 Å². The van der Waals surface area contributed by atoms with E-state index >= 15 is 0 Å². The van der Waals surface area contributed by atoms with Gasteiger partial charge < -0.3 is 25.8 Å². The van der Waals surface area contributed by atoms with Gasteiger partial charge in [-0.05, 0) is 42.0 Å². The fourth-order valence-electron chi connectivity index (χ4n) is 3.10. The summed E-state index contributed by atoms with van der Waals surface area (Å²) in [5.41, 5.74) is 5.48. The van der Waals surface area contributed by atoms with Gasteiger partial charge in [-0.15, -0.1) is 0 Å². The first-order valence-corrected chi connectivity index (χ1v) is 8.61. The number of anilines is 3. The molecule has 0 saturated carbocycles. The Morgan fingerprint density at radius 3 is 1.93 bits per heavy atom. The zero-order valence-electron chi connectivity index (χ0n) is 15.7. The number of nitrogens with zero attached hydrogens (tertiary/aromatic N) is 2. The molecule has 5 N–H and O–H groups in total. The highest BCUT2D eigenvalue weighted by atomic mass is 16.4. The number of carboxylic acid groups (broad SMARTS) is 2. The maximum absolute atomic E-state index is 12.1. The van der Waals surface area contributed by atoms with Crippen molar-refractivity contribution in [3.05, 3.63) is 75.6 Å². The molecule has 0 bridgehead atoms.